The van der Waals surface area contributed by atoms with Gasteiger partial charge < -0.3 is 9.13 Å². The molecule has 0 atom stereocenters. The minimum absolute atomic E-state index is 0.370. The van der Waals surface area contributed by atoms with Gasteiger partial charge in [-0.05, 0) is 136 Å². The van der Waals surface area contributed by atoms with Crippen molar-refractivity contribution < 1.29 is 0 Å². The van der Waals surface area contributed by atoms with Crippen molar-refractivity contribution in [2.75, 3.05) is 0 Å². The fourth-order valence-corrected chi connectivity index (χ4v) is 11.9. The van der Waals surface area contributed by atoms with Gasteiger partial charge in [0.05, 0.1) is 109 Å². The average Bonchev–Trinajstić information content (AvgIpc) is 3.75. The van der Waals surface area contributed by atoms with Crippen molar-refractivity contribution in [1.82, 2.24) is 19.1 Å². The molecule has 3 heterocycles. The van der Waals surface area contributed by atoms with Gasteiger partial charge in [-0.1, -0.05) is 158 Å². The summed E-state index contributed by atoms with van der Waals surface area (Å²) in [5, 5.41) is 56.4. The quantitative estimate of drug-likeness (QED) is 0.139. The van der Waals surface area contributed by atoms with E-state index in [1.54, 1.807) is 0 Å². The second kappa shape index (κ2) is 20.7. The lowest BCUT2D eigenvalue weighted by Crippen LogP contribution is -2.08. The first-order valence-electron chi connectivity index (χ1n) is 27.2. The molecule has 386 valence electrons. The molecule has 0 aliphatic carbocycles. The van der Waals surface area contributed by atoms with Crippen LogP contribution in [0, 0.1) is 56.7 Å². The van der Waals surface area contributed by atoms with Crippen LogP contribution in [0.2, 0.25) is 0 Å². The molecule has 0 radical (unpaired) electrons. The highest BCUT2D eigenvalue weighted by Gasteiger charge is 2.27. The van der Waals surface area contributed by atoms with Crippen molar-refractivity contribution in [3.05, 3.63) is 277 Å². The molecule has 14 rings (SSSR count). The molecule has 0 fully saturated rings. The lowest BCUT2D eigenvalue weighted by atomic mass is 9.96. The second-order valence-electron chi connectivity index (χ2n) is 20.4. The van der Waals surface area contributed by atoms with Gasteiger partial charge in [-0.25, -0.2) is 9.97 Å². The smallest absolute Gasteiger partial charge is 0.164 e. The van der Waals surface area contributed by atoms with Crippen LogP contribution in [0.25, 0.3) is 133 Å². The van der Waals surface area contributed by atoms with Crippen molar-refractivity contribution in [2.45, 2.75) is 0 Å². The van der Waals surface area contributed by atoms with Gasteiger partial charge in [0.15, 0.2) is 5.82 Å². The van der Waals surface area contributed by atoms with E-state index in [2.05, 4.69) is 88.0 Å². The standard InChI is InChI=1S/C75H41N9/c76-42-47-35-72(83-68-31-27-50(58-23-11-7-19-54(58)43-77)37-62(68)63-38-51(28-32-69(63)83)59-24-12-8-20-55(59)44-78)74(75-81-66(48-15-3-1-4-16-48)41-67(82-75)49-17-5-2-6-18-49)73(36-47)84-70-33-29-52(60-25-13-9-21-56(60)45-79)39-64(70)65-40-53(30-34-71(65)84)61-26-14-10-22-57(61)46-80/h1-41H. The first-order chi connectivity index (χ1) is 41.4. The maximum absolute atomic E-state index is 11.4. The maximum atomic E-state index is 11.4. The molecule has 0 unspecified atom stereocenters. The zero-order valence-electron chi connectivity index (χ0n) is 44.7. The van der Waals surface area contributed by atoms with Crippen LogP contribution in [0.1, 0.15) is 27.8 Å². The molecule has 0 bridgehead atoms. The first kappa shape index (κ1) is 49.8. The summed E-state index contributed by atoms with van der Waals surface area (Å²) in [5.74, 6) is 0.396. The predicted molar refractivity (Wildman–Crippen MR) is 332 cm³/mol. The highest BCUT2D eigenvalue weighted by Crippen LogP contribution is 2.46. The highest BCUT2D eigenvalue weighted by atomic mass is 15.0. The van der Waals surface area contributed by atoms with E-state index in [1.165, 1.54) is 0 Å². The number of aromatic nitrogens is 4. The Balaban J connectivity index is 1.15. The molecule has 0 spiro atoms. The van der Waals surface area contributed by atoms with Crippen molar-refractivity contribution in [3.63, 3.8) is 0 Å². The molecular formula is C75H41N9. The summed E-state index contributed by atoms with van der Waals surface area (Å²) < 4.78 is 4.37. The van der Waals surface area contributed by atoms with Crippen LogP contribution in [0.15, 0.2) is 249 Å². The Morgan fingerprint density at radius 3 is 0.869 bits per heavy atom. The molecule has 0 aliphatic rings. The van der Waals surface area contributed by atoms with Gasteiger partial charge in [-0.15, -0.1) is 0 Å². The van der Waals surface area contributed by atoms with Crippen molar-refractivity contribution in [2.24, 2.45) is 0 Å². The van der Waals surface area contributed by atoms with Crippen LogP contribution in [0.5, 0.6) is 0 Å². The van der Waals surface area contributed by atoms with E-state index in [0.717, 1.165) is 99.2 Å². The third kappa shape index (κ3) is 8.37. The van der Waals surface area contributed by atoms with Crippen molar-refractivity contribution in [3.8, 4) is 120 Å². The fourth-order valence-electron chi connectivity index (χ4n) is 11.9. The zero-order chi connectivity index (χ0) is 56.8. The van der Waals surface area contributed by atoms with Crippen LogP contribution in [0.3, 0.4) is 0 Å². The van der Waals surface area contributed by atoms with E-state index in [4.69, 9.17) is 9.97 Å². The number of benzene rings is 11. The number of rotatable bonds is 9. The lowest BCUT2D eigenvalue weighted by molar-refractivity contribution is 1.10. The van der Waals surface area contributed by atoms with Crippen LogP contribution >= 0.6 is 0 Å². The third-order valence-corrected chi connectivity index (χ3v) is 15.8. The van der Waals surface area contributed by atoms with Crippen LogP contribution < -0.4 is 0 Å². The summed E-state index contributed by atoms with van der Waals surface area (Å²) in [4.78, 5) is 11.1. The number of nitriles is 5. The van der Waals surface area contributed by atoms with E-state index in [0.29, 0.717) is 62.0 Å². The lowest BCUT2D eigenvalue weighted by Gasteiger charge is -2.21. The molecule has 0 saturated heterocycles. The van der Waals surface area contributed by atoms with Gasteiger partial charge in [0.1, 0.15) is 0 Å². The minimum atomic E-state index is 0.370. The summed E-state index contributed by atoms with van der Waals surface area (Å²) in [6, 6.07) is 93.3. The Morgan fingerprint density at radius 1 is 0.274 bits per heavy atom. The molecule has 3 aromatic heterocycles. The third-order valence-electron chi connectivity index (χ3n) is 15.8. The van der Waals surface area contributed by atoms with Crippen LogP contribution in [0.4, 0.5) is 0 Å². The van der Waals surface area contributed by atoms with E-state index in [9.17, 15) is 26.3 Å². The second-order valence-corrected chi connectivity index (χ2v) is 20.4. The Hall–Kier alpha value is -12.5. The van der Waals surface area contributed by atoms with Gasteiger partial charge in [0, 0.05) is 32.7 Å². The molecule has 0 amide bonds. The summed E-state index contributed by atoms with van der Waals surface area (Å²) in [6.45, 7) is 0. The number of hydrogen-bond donors (Lipinski definition) is 0. The van der Waals surface area contributed by atoms with Crippen LogP contribution in [-0.4, -0.2) is 19.1 Å². The first-order valence-corrected chi connectivity index (χ1v) is 27.2. The number of fused-ring (bicyclic) bond motifs is 6. The van der Waals surface area contributed by atoms with Gasteiger partial charge in [-0.3, -0.25) is 0 Å². The van der Waals surface area contributed by atoms with E-state index < -0.39 is 0 Å². The van der Waals surface area contributed by atoms with E-state index in [-0.39, 0.29) is 0 Å². The summed E-state index contributed by atoms with van der Waals surface area (Å²) >= 11 is 0. The summed E-state index contributed by atoms with van der Waals surface area (Å²) in [7, 11) is 0. The number of nitrogens with zero attached hydrogens (tertiary/aromatic N) is 9. The molecule has 9 heteroatoms. The van der Waals surface area contributed by atoms with Gasteiger partial charge in [0.2, 0.25) is 0 Å². The Kier molecular flexibility index (Phi) is 12.2. The molecule has 11 aromatic carbocycles. The fraction of sp³-hybridized carbons (Fsp3) is 0. The molecule has 0 saturated carbocycles. The summed E-state index contributed by atoms with van der Waals surface area (Å²) in [5.41, 5.74) is 17.3. The maximum Gasteiger partial charge on any atom is 0.164 e. The van der Waals surface area contributed by atoms with Crippen LogP contribution in [-0.2, 0) is 0 Å². The Morgan fingerprint density at radius 2 is 0.571 bits per heavy atom. The Bertz CT molecular complexity index is 4720. The Labute approximate surface area is 483 Å². The van der Waals surface area contributed by atoms with E-state index in [1.807, 2.05) is 200 Å². The SMILES string of the molecule is N#Cc1cc(-n2c3ccc(-c4ccccc4C#N)cc3c3cc(-c4ccccc4C#N)ccc32)c(-c2nc(-c3ccccc3)cc(-c3ccccc3)n2)c(-n2c3ccc(-c4ccccc4C#N)cc3c3cc(-c4ccccc4C#N)ccc32)c1. The van der Waals surface area contributed by atoms with E-state index >= 15 is 0 Å². The predicted octanol–water partition coefficient (Wildman–Crippen LogP) is 17.7. The van der Waals surface area contributed by atoms with Crippen molar-refractivity contribution in [1.29, 1.82) is 26.3 Å². The zero-order valence-corrected chi connectivity index (χ0v) is 44.7. The molecular weight excluding hydrogens is 1030 g/mol. The topological polar surface area (TPSA) is 155 Å². The monoisotopic (exact) mass is 1070 g/mol. The molecule has 0 N–H and O–H groups in total. The van der Waals surface area contributed by atoms with Gasteiger partial charge in [-0.2, -0.15) is 26.3 Å². The largest absolute Gasteiger partial charge is 0.308 e. The summed E-state index contributed by atoms with van der Waals surface area (Å²) in [6.07, 6.45) is 0. The van der Waals surface area contributed by atoms with Crippen molar-refractivity contribution >= 4 is 43.6 Å². The highest BCUT2D eigenvalue weighted by molar-refractivity contribution is 6.14. The minimum Gasteiger partial charge on any atom is -0.308 e. The normalized spacial score (nSPS) is 11.0. The molecule has 0 aliphatic heterocycles. The number of hydrogen-bond acceptors (Lipinski definition) is 7. The van der Waals surface area contributed by atoms with Gasteiger partial charge >= 0.3 is 0 Å². The average molecular weight is 1070 g/mol. The molecule has 84 heavy (non-hydrogen) atoms. The van der Waals surface area contributed by atoms with Gasteiger partial charge in [0.25, 0.3) is 0 Å². The molecule has 14 aromatic rings. The molecule has 9 nitrogen and oxygen atoms in total.